The lowest BCUT2D eigenvalue weighted by Crippen LogP contribution is -2.13. The number of benzene rings is 1. The third-order valence-corrected chi connectivity index (χ3v) is 5.15. The number of hydrogen-bond acceptors (Lipinski definition) is 2. The van der Waals surface area contributed by atoms with Crippen LogP contribution in [0.3, 0.4) is 0 Å². The van der Waals surface area contributed by atoms with Crippen molar-refractivity contribution in [3.05, 3.63) is 82.5 Å². The Morgan fingerprint density at radius 2 is 1.96 bits per heavy atom. The fraction of sp³-hybridized carbons (Fsp3) is 0.391. The van der Waals surface area contributed by atoms with Gasteiger partial charge in [0, 0.05) is 29.5 Å². The minimum atomic E-state index is 0.287. The molecule has 25 heavy (non-hydrogen) atoms. The van der Waals surface area contributed by atoms with Crippen LogP contribution < -0.4 is 5.32 Å². The molecule has 0 radical (unpaired) electrons. The average molecular weight is 354 g/mol. The average Bonchev–Trinajstić information content (AvgIpc) is 2.95. The molecule has 0 amide bonds. The zero-order chi connectivity index (χ0) is 18.1. The molecule has 2 heteroatoms. The summed E-state index contributed by atoms with van der Waals surface area (Å²) in [6.45, 7) is 9.59. The quantitative estimate of drug-likeness (QED) is 0.359. The Kier molecular flexibility index (Phi) is 8.14. The molecule has 0 bridgehead atoms. The maximum atomic E-state index is 4.85. The zero-order valence-corrected chi connectivity index (χ0v) is 16.5. The third-order valence-electron chi connectivity index (χ3n) is 4.63. The summed E-state index contributed by atoms with van der Waals surface area (Å²) in [5, 5.41) is 3.42. The molecule has 1 aliphatic rings. The van der Waals surface area contributed by atoms with Crippen LogP contribution in [0, 0.1) is 0 Å². The molecule has 0 aliphatic heterocycles. The van der Waals surface area contributed by atoms with E-state index < -0.39 is 0 Å². The normalized spacial score (nSPS) is 17.2. The van der Waals surface area contributed by atoms with Crippen LogP contribution in [0.15, 0.2) is 76.9 Å². The van der Waals surface area contributed by atoms with Crippen LogP contribution in [0.25, 0.3) is 0 Å². The fourth-order valence-corrected chi connectivity index (χ4v) is 3.59. The minimum Gasteiger partial charge on any atom is -0.389 e. The van der Waals surface area contributed by atoms with E-state index >= 15 is 0 Å². The second-order valence-electron chi connectivity index (χ2n) is 6.58. The number of nitrogens with one attached hydrogen (secondary N) is 1. The van der Waals surface area contributed by atoms with Crippen LogP contribution in [-0.2, 0) is 0 Å². The molecule has 1 nitrogen and oxygen atoms in total. The van der Waals surface area contributed by atoms with Gasteiger partial charge in [-0.25, -0.2) is 0 Å². The molecular weight excluding hydrogens is 322 g/mol. The van der Waals surface area contributed by atoms with Gasteiger partial charge in [0.1, 0.15) is 0 Å². The molecule has 0 spiro atoms. The molecule has 2 rings (SSSR count). The van der Waals surface area contributed by atoms with E-state index in [9.17, 15) is 0 Å². The molecule has 0 heterocycles. The first kappa shape index (κ1) is 19.7. The first-order valence-electron chi connectivity index (χ1n) is 9.44. The summed E-state index contributed by atoms with van der Waals surface area (Å²) in [6, 6.07) is 10.6. The van der Waals surface area contributed by atoms with Crippen molar-refractivity contribution < 1.29 is 0 Å². The van der Waals surface area contributed by atoms with Gasteiger partial charge in [0.2, 0.25) is 0 Å². The Labute approximate surface area is 159 Å². The highest BCUT2D eigenvalue weighted by molar-refractivity contribution is 7.84. The van der Waals surface area contributed by atoms with E-state index in [2.05, 4.69) is 74.3 Å². The van der Waals surface area contributed by atoms with Gasteiger partial charge in [0.15, 0.2) is 0 Å². The monoisotopic (exact) mass is 353 g/mol. The van der Waals surface area contributed by atoms with Gasteiger partial charge in [0.25, 0.3) is 0 Å². The van der Waals surface area contributed by atoms with Crippen molar-refractivity contribution in [3.8, 4) is 0 Å². The largest absolute Gasteiger partial charge is 0.389 e. The summed E-state index contributed by atoms with van der Waals surface area (Å²) in [5.74, 6) is 0.287. The molecule has 1 aliphatic carbocycles. The molecule has 1 aromatic rings. The maximum Gasteiger partial charge on any atom is 0.0338 e. The molecule has 0 aromatic heterocycles. The van der Waals surface area contributed by atoms with Crippen molar-refractivity contribution in [3.63, 3.8) is 0 Å². The van der Waals surface area contributed by atoms with Crippen molar-refractivity contribution in [1.82, 2.24) is 5.32 Å². The highest BCUT2D eigenvalue weighted by atomic mass is 32.1. The van der Waals surface area contributed by atoms with Crippen molar-refractivity contribution in [1.29, 1.82) is 0 Å². The van der Waals surface area contributed by atoms with Gasteiger partial charge in [-0.05, 0) is 29.6 Å². The lowest BCUT2D eigenvalue weighted by molar-refractivity contribution is 0.662. The predicted molar refractivity (Wildman–Crippen MR) is 114 cm³/mol. The predicted octanol–water partition coefficient (Wildman–Crippen LogP) is 6.54. The van der Waals surface area contributed by atoms with Crippen LogP contribution >= 0.6 is 12.6 Å². The van der Waals surface area contributed by atoms with Gasteiger partial charge < -0.3 is 5.32 Å². The maximum absolute atomic E-state index is 4.85. The Hall–Kier alpha value is -1.67. The van der Waals surface area contributed by atoms with Crippen LogP contribution in [0.1, 0.15) is 57.4 Å². The Bertz CT molecular complexity index is 652. The van der Waals surface area contributed by atoms with Gasteiger partial charge in [-0.15, -0.1) is 12.6 Å². The van der Waals surface area contributed by atoms with E-state index in [0.717, 1.165) is 30.0 Å². The number of unbranched alkanes of at least 4 members (excludes halogenated alkanes) is 2. The van der Waals surface area contributed by atoms with Gasteiger partial charge >= 0.3 is 0 Å². The van der Waals surface area contributed by atoms with Gasteiger partial charge in [-0.1, -0.05) is 81.8 Å². The molecule has 1 N–H and O–H groups in total. The molecular formula is C23H31NS. The van der Waals surface area contributed by atoms with E-state index in [-0.39, 0.29) is 5.92 Å². The van der Waals surface area contributed by atoms with Crippen molar-refractivity contribution >= 4 is 12.6 Å². The van der Waals surface area contributed by atoms with Crippen molar-refractivity contribution in [2.45, 2.75) is 51.9 Å². The van der Waals surface area contributed by atoms with Crippen LogP contribution in [0.2, 0.25) is 0 Å². The Morgan fingerprint density at radius 3 is 2.64 bits per heavy atom. The molecule has 0 saturated heterocycles. The smallest absolute Gasteiger partial charge is 0.0338 e. The second kappa shape index (κ2) is 10.4. The van der Waals surface area contributed by atoms with E-state index in [0.29, 0.717) is 0 Å². The highest BCUT2D eigenvalue weighted by Gasteiger charge is 2.22. The highest BCUT2D eigenvalue weighted by Crippen LogP contribution is 2.41. The SMILES string of the molecule is C=C(C/C=C/C1=C(S)C(c2ccccc2)C=C1CC)NCCCCC. The number of rotatable bonds is 10. The summed E-state index contributed by atoms with van der Waals surface area (Å²) in [6.07, 6.45) is 12.4. The van der Waals surface area contributed by atoms with E-state index in [1.165, 1.54) is 36.0 Å². The standard InChI is InChI=1S/C23H31NS/c1-4-6-10-16-24-18(3)12-11-15-21-19(5-2)17-22(23(21)25)20-13-8-7-9-14-20/h7-9,11,13-15,17,22,24-25H,3-6,10,12,16H2,1-2H3/b15-11+. The summed E-state index contributed by atoms with van der Waals surface area (Å²) in [4.78, 5) is 1.15. The molecule has 1 atom stereocenters. The van der Waals surface area contributed by atoms with Crippen molar-refractivity contribution in [2.75, 3.05) is 6.54 Å². The molecule has 134 valence electrons. The first-order chi connectivity index (χ1) is 12.2. The van der Waals surface area contributed by atoms with Gasteiger partial charge in [-0.3, -0.25) is 0 Å². The van der Waals surface area contributed by atoms with Crippen LogP contribution in [0.5, 0.6) is 0 Å². The minimum absolute atomic E-state index is 0.287. The molecule has 1 unspecified atom stereocenters. The van der Waals surface area contributed by atoms with Crippen molar-refractivity contribution in [2.24, 2.45) is 0 Å². The Morgan fingerprint density at radius 1 is 1.20 bits per heavy atom. The van der Waals surface area contributed by atoms with Gasteiger partial charge in [-0.2, -0.15) is 0 Å². The number of allylic oxidation sites excluding steroid dienone is 6. The molecule has 1 aromatic carbocycles. The lowest BCUT2D eigenvalue weighted by Gasteiger charge is -2.10. The van der Waals surface area contributed by atoms with E-state index in [1.807, 2.05) is 0 Å². The van der Waals surface area contributed by atoms with E-state index in [1.54, 1.807) is 0 Å². The summed E-state index contributed by atoms with van der Waals surface area (Å²) in [5.41, 5.74) is 5.06. The van der Waals surface area contributed by atoms with E-state index in [4.69, 9.17) is 12.6 Å². The fourth-order valence-electron chi connectivity index (χ4n) is 3.15. The second-order valence-corrected chi connectivity index (χ2v) is 7.06. The first-order valence-corrected chi connectivity index (χ1v) is 9.89. The summed E-state index contributed by atoms with van der Waals surface area (Å²) < 4.78 is 0. The molecule has 0 fully saturated rings. The molecule has 0 saturated carbocycles. The summed E-state index contributed by atoms with van der Waals surface area (Å²) >= 11 is 4.85. The zero-order valence-electron chi connectivity index (χ0n) is 15.6. The van der Waals surface area contributed by atoms with Gasteiger partial charge in [0.05, 0.1) is 0 Å². The third kappa shape index (κ3) is 5.67. The number of thiol groups is 1. The van der Waals surface area contributed by atoms with Crippen LogP contribution in [0.4, 0.5) is 0 Å². The summed E-state index contributed by atoms with van der Waals surface area (Å²) in [7, 11) is 0. The van der Waals surface area contributed by atoms with Crippen LogP contribution in [-0.4, -0.2) is 6.54 Å². The lowest BCUT2D eigenvalue weighted by atomic mass is 10.0. The number of hydrogen-bond donors (Lipinski definition) is 2. The Balaban J connectivity index is 1.98. The topological polar surface area (TPSA) is 12.0 Å².